The molecule has 1 N–H and O–H groups in total. The molecule has 2 amide bonds. The van der Waals surface area contributed by atoms with E-state index in [0.29, 0.717) is 18.7 Å². The molecule has 2 aliphatic heterocycles. The minimum Gasteiger partial charge on any atom is -0.493 e. The van der Waals surface area contributed by atoms with Crippen molar-refractivity contribution in [3.05, 3.63) is 53.6 Å². The largest absolute Gasteiger partial charge is 0.493 e. The quantitative estimate of drug-likeness (QED) is 0.773. The number of nitrogens with one attached hydrogen (secondary N) is 1. The van der Waals surface area contributed by atoms with Gasteiger partial charge in [0.25, 0.3) is 0 Å². The lowest BCUT2D eigenvalue weighted by Crippen LogP contribution is -2.46. The van der Waals surface area contributed by atoms with E-state index in [0.717, 1.165) is 30.0 Å². The predicted octanol–water partition coefficient (Wildman–Crippen LogP) is 2.37. The van der Waals surface area contributed by atoms with Crippen molar-refractivity contribution < 1.29 is 19.1 Å². The second kappa shape index (κ2) is 8.98. The van der Waals surface area contributed by atoms with Crippen LogP contribution in [0.3, 0.4) is 0 Å². The van der Waals surface area contributed by atoms with Crippen LogP contribution in [-0.4, -0.2) is 56.1 Å². The maximum absolute atomic E-state index is 12.9. The summed E-state index contributed by atoms with van der Waals surface area (Å²) in [5, 5.41) is 2.95. The monoisotopic (exact) mass is 423 g/mol. The van der Waals surface area contributed by atoms with Gasteiger partial charge in [0.2, 0.25) is 11.8 Å². The third-order valence-electron chi connectivity index (χ3n) is 6.09. The van der Waals surface area contributed by atoms with Gasteiger partial charge in [-0.05, 0) is 55.2 Å². The van der Waals surface area contributed by atoms with Crippen molar-refractivity contribution in [2.75, 3.05) is 32.2 Å². The van der Waals surface area contributed by atoms with Crippen molar-refractivity contribution in [1.82, 2.24) is 10.2 Å². The summed E-state index contributed by atoms with van der Waals surface area (Å²) in [5.41, 5.74) is 3.22. The fourth-order valence-corrected chi connectivity index (χ4v) is 4.54. The van der Waals surface area contributed by atoms with E-state index in [9.17, 15) is 9.59 Å². The SMILES string of the molecule is COc1cc2c(cc1OC)CN(CC(=O)N[C@H]1C[C@@H](C)N(c3ccccc3)C1=O)CC2. The lowest BCUT2D eigenvalue weighted by molar-refractivity contribution is -0.127. The van der Waals surface area contributed by atoms with Gasteiger partial charge in [-0.15, -0.1) is 0 Å². The number of anilines is 1. The molecule has 0 aromatic heterocycles. The molecule has 2 aromatic carbocycles. The molecule has 2 aliphatic rings. The minimum absolute atomic E-state index is 0.0458. The van der Waals surface area contributed by atoms with Gasteiger partial charge in [0, 0.05) is 24.8 Å². The summed E-state index contributed by atoms with van der Waals surface area (Å²) in [5.74, 6) is 1.25. The fourth-order valence-electron chi connectivity index (χ4n) is 4.54. The first-order valence-corrected chi connectivity index (χ1v) is 10.6. The highest BCUT2D eigenvalue weighted by Crippen LogP contribution is 2.33. The first kappa shape index (κ1) is 21.2. The van der Waals surface area contributed by atoms with Gasteiger partial charge < -0.3 is 19.7 Å². The van der Waals surface area contributed by atoms with E-state index in [-0.39, 0.29) is 24.4 Å². The predicted molar refractivity (Wildman–Crippen MR) is 118 cm³/mol. The van der Waals surface area contributed by atoms with Crippen LogP contribution in [0.15, 0.2) is 42.5 Å². The lowest BCUT2D eigenvalue weighted by atomic mass is 9.99. The highest BCUT2D eigenvalue weighted by molar-refractivity contribution is 6.02. The molecule has 7 heteroatoms. The molecule has 0 unspecified atom stereocenters. The molecule has 164 valence electrons. The number of hydrogen-bond donors (Lipinski definition) is 1. The maximum atomic E-state index is 12.9. The molecule has 0 radical (unpaired) electrons. The van der Waals surface area contributed by atoms with Gasteiger partial charge in [0.15, 0.2) is 11.5 Å². The summed E-state index contributed by atoms with van der Waals surface area (Å²) >= 11 is 0. The molecular formula is C24H29N3O4. The van der Waals surface area contributed by atoms with Crippen LogP contribution in [0.1, 0.15) is 24.5 Å². The van der Waals surface area contributed by atoms with Crippen LogP contribution < -0.4 is 19.7 Å². The zero-order chi connectivity index (χ0) is 22.0. The molecule has 2 atom stereocenters. The van der Waals surface area contributed by atoms with Crippen LogP contribution in [0, 0.1) is 0 Å². The number of amides is 2. The molecule has 31 heavy (non-hydrogen) atoms. The Balaban J connectivity index is 1.37. The third kappa shape index (κ3) is 4.37. The van der Waals surface area contributed by atoms with Crippen molar-refractivity contribution in [3.63, 3.8) is 0 Å². The number of hydrogen-bond acceptors (Lipinski definition) is 5. The maximum Gasteiger partial charge on any atom is 0.249 e. The number of nitrogens with zero attached hydrogens (tertiary/aromatic N) is 2. The van der Waals surface area contributed by atoms with Gasteiger partial charge in [-0.25, -0.2) is 0 Å². The molecule has 2 aromatic rings. The van der Waals surface area contributed by atoms with E-state index in [1.165, 1.54) is 5.56 Å². The van der Waals surface area contributed by atoms with E-state index in [1.807, 2.05) is 49.4 Å². The summed E-state index contributed by atoms with van der Waals surface area (Å²) in [6.45, 7) is 3.72. The van der Waals surface area contributed by atoms with Gasteiger partial charge in [0.1, 0.15) is 6.04 Å². The van der Waals surface area contributed by atoms with Crippen molar-refractivity contribution in [3.8, 4) is 11.5 Å². The Kier molecular flexibility index (Phi) is 6.13. The van der Waals surface area contributed by atoms with E-state index in [2.05, 4.69) is 10.2 Å². The number of carbonyl (C=O) groups is 2. The first-order chi connectivity index (χ1) is 15.0. The number of ether oxygens (including phenoxy) is 2. The fraction of sp³-hybridized carbons (Fsp3) is 0.417. The number of rotatable bonds is 6. The van der Waals surface area contributed by atoms with E-state index < -0.39 is 6.04 Å². The minimum atomic E-state index is -0.482. The summed E-state index contributed by atoms with van der Waals surface area (Å²) < 4.78 is 10.8. The van der Waals surface area contributed by atoms with Crippen LogP contribution in [0.5, 0.6) is 11.5 Å². The second-order valence-corrected chi connectivity index (χ2v) is 8.19. The molecule has 4 rings (SSSR count). The van der Waals surface area contributed by atoms with Crippen molar-refractivity contribution in [1.29, 1.82) is 0 Å². The molecule has 1 saturated heterocycles. The van der Waals surface area contributed by atoms with Crippen LogP contribution in [-0.2, 0) is 22.6 Å². The van der Waals surface area contributed by atoms with Gasteiger partial charge in [-0.1, -0.05) is 18.2 Å². The summed E-state index contributed by atoms with van der Waals surface area (Å²) in [4.78, 5) is 29.5. The molecule has 1 fully saturated rings. The zero-order valence-electron chi connectivity index (χ0n) is 18.3. The van der Waals surface area contributed by atoms with Gasteiger partial charge in [0.05, 0.1) is 20.8 Å². The Hall–Kier alpha value is -3.06. The number of fused-ring (bicyclic) bond motifs is 1. The average molecular weight is 424 g/mol. The first-order valence-electron chi connectivity index (χ1n) is 10.6. The summed E-state index contributed by atoms with van der Waals surface area (Å²) in [7, 11) is 3.25. The molecule has 0 bridgehead atoms. The smallest absolute Gasteiger partial charge is 0.249 e. The lowest BCUT2D eigenvalue weighted by Gasteiger charge is -2.29. The highest BCUT2D eigenvalue weighted by Gasteiger charge is 2.38. The number of methoxy groups -OCH3 is 2. The normalized spacial score (nSPS) is 21.0. The van der Waals surface area contributed by atoms with Crippen molar-refractivity contribution in [2.45, 2.75) is 38.4 Å². The Morgan fingerprint density at radius 3 is 2.45 bits per heavy atom. The Morgan fingerprint density at radius 2 is 1.77 bits per heavy atom. The van der Waals surface area contributed by atoms with Crippen molar-refractivity contribution in [2.24, 2.45) is 0 Å². The number of para-hydroxylation sites is 1. The molecule has 0 spiro atoms. The Bertz CT molecular complexity index is 963. The van der Waals surface area contributed by atoms with E-state index in [1.54, 1.807) is 19.1 Å². The number of carbonyl (C=O) groups excluding carboxylic acids is 2. The number of benzene rings is 2. The molecule has 0 aliphatic carbocycles. The second-order valence-electron chi connectivity index (χ2n) is 8.19. The Morgan fingerprint density at radius 1 is 1.10 bits per heavy atom. The zero-order valence-corrected chi connectivity index (χ0v) is 18.3. The standard InChI is InChI=1S/C24H29N3O4/c1-16-11-20(24(29)27(16)19-7-5-4-6-8-19)25-23(28)15-26-10-9-17-12-21(30-2)22(31-3)13-18(17)14-26/h4-8,12-13,16,20H,9-11,14-15H2,1-3H3,(H,25,28)/t16-,20+/m1/s1. The van der Waals surface area contributed by atoms with Crippen LogP contribution in [0.2, 0.25) is 0 Å². The third-order valence-corrected chi connectivity index (χ3v) is 6.09. The van der Waals surface area contributed by atoms with Gasteiger partial charge >= 0.3 is 0 Å². The van der Waals surface area contributed by atoms with E-state index >= 15 is 0 Å². The molecule has 2 heterocycles. The summed E-state index contributed by atoms with van der Waals surface area (Å²) in [6, 6.07) is 13.2. The van der Waals surface area contributed by atoms with E-state index in [4.69, 9.17) is 9.47 Å². The van der Waals surface area contributed by atoms with Crippen LogP contribution in [0.25, 0.3) is 0 Å². The van der Waals surface area contributed by atoms with Crippen LogP contribution >= 0.6 is 0 Å². The highest BCUT2D eigenvalue weighted by atomic mass is 16.5. The molecular weight excluding hydrogens is 394 g/mol. The van der Waals surface area contributed by atoms with Gasteiger partial charge in [-0.2, -0.15) is 0 Å². The molecule has 7 nitrogen and oxygen atoms in total. The topological polar surface area (TPSA) is 71.1 Å². The van der Waals surface area contributed by atoms with Gasteiger partial charge in [-0.3, -0.25) is 14.5 Å². The Labute approximate surface area is 182 Å². The van der Waals surface area contributed by atoms with Crippen molar-refractivity contribution >= 4 is 17.5 Å². The average Bonchev–Trinajstić information content (AvgIpc) is 3.05. The van der Waals surface area contributed by atoms with Crippen LogP contribution in [0.4, 0.5) is 5.69 Å². The molecule has 0 saturated carbocycles. The summed E-state index contributed by atoms with van der Waals surface area (Å²) in [6.07, 6.45) is 1.45.